The lowest BCUT2D eigenvalue weighted by molar-refractivity contribution is 0.198. The zero-order valence-electron chi connectivity index (χ0n) is 11.5. The van der Waals surface area contributed by atoms with Gasteiger partial charge in [-0.2, -0.15) is 0 Å². The van der Waals surface area contributed by atoms with Gasteiger partial charge in [0.25, 0.3) is 0 Å². The summed E-state index contributed by atoms with van der Waals surface area (Å²) in [5.74, 6) is 3.71. The molecular formula is C15H29Br. The minimum absolute atomic E-state index is 0.793. The van der Waals surface area contributed by atoms with E-state index in [1.54, 1.807) is 0 Å². The van der Waals surface area contributed by atoms with E-state index in [1.165, 1.54) is 38.5 Å². The lowest BCUT2D eigenvalue weighted by Crippen LogP contribution is -2.28. The zero-order valence-corrected chi connectivity index (χ0v) is 13.1. The number of hydrogen-bond donors (Lipinski definition) is 0. The van der Waals surface area contributed by atoms with Crippen LogP contribution < -0.4 is 0 Å². The van der Waals surface area contributed by atoms with Gasteiger partial charge in [-0.1, -0.05) is 56.5 Å². The van der Waals surface area contributed by atoms with Crippen LogP contribution in [0.4, 0.5) is 0 Å². The van der Waals surface area contributed by atoms with E-state index in [4.69, 9.17) is 0 Å². The molecule has 0 aromatic rings. The summed E-state index contributed by atoms with van der Waals surface area (Å²) >= 11 is 3.91. The molecule has 1 heteroatoms. The summed E-state index contributed by atoms with van der Waals surface area (Å²) in [6.07, 6.45) is 8.48. The van der Waals surface area contributed by atoms with Crippen LogP contribution in [0.2, 0.25) is 0 Å². The van der Waals surface area contributed by atoms with E-state index in [-0.39, 0.29) is 0 Å². The molecule has 0 amide bonds. The van der Waals surface area contributed by atoms with Gasteiger partial charge in [0.05, 0.1) is 0 Å². The van der Waals surface area contributed by atoms with E-state index >= 15 is 0 Å². The van der Waals surface area contributed by atoms with Crippen molar-refractivity contribution in [1.29, 1.82) is 0 Å². The Kier molecular flexibility index (Phi) is 6.39. The molecule has 1 saturated carbocycles. The molecule has 16 heavy (non-hydrogen) atoms. The van der Waals surface area contributed by atoms with Gasteiger partial charge in [-0.3, -0.25) is 0 Å². The van der Waals surface area contributed by atoms with Gasteiger partial charge in [0.2, 0.25) is 0 Å². The molecule has 0 radical (unpaired) electrons. The molecule has 0 bridgehead atoms. The van der Waals surface area contributed by atoms with Gasteiger partial charge in [-0.15, -0.1) is 0 Å². The maximum atomic E-state index is 3.91. The molecule has 1 fully saturated rings. The molecular weight excluding hydrogens is 260 g/mol. The molecule has 0 aliphatic heterocycles. The van der Waals surface area contributed by atoms with E-state index in [9.17, 15) is 0 Å². The summed E-state index contributed by atoms with van der Waals surface area (Å²) < 4.78 is 0. The second kappa shape index (κ2) is 7.03. The second-order valence-corrected chi connectivity index (χ2v) is 7.40. The fraction of sp³-hybridized carbons (Fsp3) is 1.00. The molecule has 0 saturated heterocycles. The van der Waals surface area contributed by atoms with Crippen LogP contribution in [-0.4, -0.2) is 4.83 Å². The molecule has 1 rings (SSSR count). The Morgan fingerprint density at radius 1 is 1.19 bits per heavy atom. The van der Waals surface area contributed by atoms with E-state index < -0.39 is 0 Å². The van der Waals surface area contributed by atoms with Crippen LogP contribution in [0.3, 0.4) is 0 Å². The Morgan fingerprint density at radius 2 is 1.88 bits per heavy atom. The van der Waals surface area contributed by atoms with Gasteiger partial charge in [-0.25, -0.2) is 0 Å². The summed E-state index contributed by atoms with van der Waals surface area (Å²) in [6.45, 7) is 9.53. The molecule has 1 aliphatic carbocycles. The highest BCUT2D eigenvalue weighted by atomic mass is 79.9. The van der Waals surface area contributed by atoms with Gasteiger partial charge in [0.15, 0.2) is 0 Å². The molecule has 96 valence electrons. The Bertz CT molecular complexity index is 188. The van der Waals surface area contributed by atoms with Crippen LogP contribution in [-0.2, 0) is 0 Å². The van der Waals surface area contributed by atoms with Gasteiger partial charge in [0.1, 0.15) is 0 Å². The van der Waals surface area contributed by atoms with Crippen molar-refractivity contribution in [2.45, 2.75) is 71.0 Å². The predicted octanol–water partition coefficient (Wildman–Crippen LogP) is 5.65. The fourth-order valence-corrected chi connectivity index (χ4v) is 3.94. The first kappa shape index (κ1) is 14.5. The fourth-order valence-electron chi connectivity index (χ4n) is 3.24. The van der Waals surface area contributed by atoms with Crippen LogP contribution in [0.25, 0.3) is 0 Å². The highest BCUT2D eigenvalue weighted by molar-refractivity contribution is 9.09. The highest BCUT2D eigenvalue weighted by Gasteiger charge is 2.30. The molecule has 0 nitrogen and oxygen atoms in total. The van der Waals surface area contributed by atoms with Gasteiger partial charge in [-0.05, 0) is 49.4 Å². The van der Waals surface area contributed by atoms with Crippen molar-refractivity contribution in [3.05, 3.63) is 0 Å². The minimum atomic E-state index is 0.793. The summed E-state index contributed by atoms with van der Waals surface area (Å²) in [5, 5.41) is 0. The lowest BCUT2D eigenvalue weighted by Gasteiger charge is -2.36. The topological polar surface area (TPSA) is 0 Å². The molecule has 4 atom stereocenters. The van der Waals surface area contributed by atoms with Crippen LogP contribution >= 0.6 is 15.9 Å². The van der Waals surface area contributed by atoms with E-state index in [2.05, 4.69) is 43.6 Å². The average Bonchev–Trinajstić information content (AvgIpc) is 2.21. The number of rotatable bonds is 5. The third kappa shape index (κ3) is 4.39. The predicted molar refractivity (Wildman–Crippen MR) is 77.1 cm³/mol. The van der Waals surface area contributed by atoms with Crippen molar-refractivity contribution in [2.75, 3.05) is 0 Å². The summed E-state index contributed by atoms with van der Waals surface area (Å²) in [6, 6.07) is 0. The number of halogens is 1. The Hall–Kier alpha value is 0.480. The molecule has 0 aromatic carbocycles. The first-order chi connectivity index (χ1) is 7.54. The van der Waals surface area contributed by atoms with Crippen LogP contribution in [0.1, 0.15) is 66.2 Å². The SMILES string of the molecule is CCCC(C)CC1CC(C(C)C)CCC1Br. The molecule has 0 heterocycles. The third-order valence-corrected chi connectivity index (χ3v) is 5.57. The third-order valence-electron chi connectivity index (χ3n) is 4.36. The molecule has 0 N–H and O–H groups in total. The first-order valence-corrected chi connectivity index (χ1v) is 8.10. The highest BCUT2D eigenvalue weighted by Crippen LogP contribution is 2.40. The van der Waals surface area contributed by atoms with Crippen LogP contribution in [0, 0.1) is 23.7 Å². The van der Waals surface area contributed by atoms with Crippen LogP contribution in [0.5, 0.6) is 0 Å². The monoisotopic (exact) mass is 288 g/mol. The summed E-state index contributed by atoms with van der Waals surface area (Å²) in [4.78, 5) is 0.793. The molecule has 4 unspecified atom stereocenters. The van der Waals surface area contributed by atoms with Crippen LogP contribution in [0.15, 0.2) is 0 Å². The number of alkyl halides is 1. The maximum Gasteiger partial charge on any atom is 0.0174 e. The smallest absolute Gasteiger partial charge is 0.0174 e. The van der Waals surface area contributed by atoms with Gasteiger partial charge in [0, 0.05) is 4.83 Å². The van der Waals surface area contributed by atoms with Crippen molar-refractivity contribution in [1.82, 2.24) is 0 Å². The summed E-state index contributed by atoms with van der Waals surface area (Å²) in [7, 11) is 0. The average molecular weight is 289 g/mol. The molecule has 1 aliphatic rings. The number of hydrogen-bond acceptors (Lipinski definition) is 0. The second-order valence-electron chi connectivity index (χ2n) is 6.22. The largest absolute Gasteiger partial charge is 0.0888 e. The normalized spacial score (nSPS) is 33.0. The maximum absolute atomic E-state index is 3.91. The van der Waals surface area contributed by atoms with Crippen molar-refractivity contribution in [2.24, 2.45) is 23.7 Å². The van der Waals surface area contributed by atoms with E-state index in [1.807, 2.05) is 0 Å². The minimum Gasteiger partial charge on any atom is -0.0888 e. The Balaban J connectivity index is 2.43. The van der Waals surface area contributed by atoms with Crippen molar-refractivity contribution in [3.8, 4) is 0 Å². The Morgan fingerprint density at radius 3 is 2.44 bits per heavy atom. The van der Waals surface area contributed by atoms with Crippen molar-refractivity contribution >= 4 is 15.9 Å². The standard InChI is InChI=1S/C15H29Br/c1-5-6-12(4)9-14-10-13(11(2)3)7-8-15(14)16/h11-15H,5-10H2,1-4H3. The first-order valence-electron chi connectivity index (χ1n) is 7.18. The Labute approximate surface area is 111 Å². The van der Waals surface area contributed by atoms with Gasteiger partial charge >= 0.3 is 0 Å². The van der Waals surface area contributed by atoms with E-state index in [0.717, 1.165) is 28.5 Å². The summed E-state index contributed by atoms with van der Waals surface area (Å²) in [5.41, 5.74) is 0. The van der Waals surface area contributed by atoms with Gasteiger partial charge < -0.3 is 0 Å². The quantitative estimate of drug-likeness (QED) is 0.574. The lowest BCUT2D eigenvalue weighted by atomic mass is 9.73. The zero-order chi connectivity index (χ0) is 12.1. The molecule has 0 aromatic heterocycles. The van der Waals surface area contributed by atoms with E-state index in [0.29, 0.717) is 0 Å². The van der Waals surface area contributed by atoms with Crippen molar-refractivity contribution < 1.29 is 0 Å². The molecule has 0 spiro atoms. The van der Waals surface area contributed by atoms with Crippen molar-refractivity contribution in [3.63, 3.8) is 0 Å².